The van der Waals surface area contributed by atoms with Crippen molar-refractivity contribution in [2.24, 2.45) is 0 Å². The van der Waals surface area contributed by atoms with Crippen LogP contribution in [0.5, 0.6) is 0 Å². The Kier molecular flexibility index (Phi) is 3.80. The highest BCUT2D eigenvalue weighted by molar-refractivity contribution is 8.14. The Morgan fingerprint density at radius 2 is 2.00 bits per heavy atom. The first kappa shape index (κ1) is 14.2. The summed E-state index contributed by atoms with van der Waals surface area (Å²) in [4.78, 5) is 1.66. The first-order chi connectivity index (χ1) is 8.80. The third-order valence-corrected chi connectivity index (χ3v) is 3.95. The SMILES string of the molecule is CC(C)c1ccc(C(F)(F)F)cc1N1CCSC1=N. The lowest BCUT2D eigenvalue weighted by molar-refractivity contribution is -0.137. The summed E-state index contributed by atoms with van der Waals surface area (Å²) < 4.78 is 38.4. The molecule has 0 spiro atoms. The summed E-state index contributed by atoms with van der Waals surface area (Å²) in [6.07, 6.45) is -4.35. The van der Waals surface area contributed by atoms with E-state index >= 15 is 0 Å². The molecule has 1 N–H and O–H groups in total. The molecular weight excluding hydrogens is 273 g/mol. The van der Waals surface area contributed by atoms with Gasteiger partial charge < -0.3 is 4.90 Å². The lowest BCUT2D eigenvalue weighted by Gasteiger charge is -2.24. The maximum Gasteiger partial charge on any atom is 0.416 e. The average molecular weight is 288 g/mol. The highest BCUT2D eigenvalue weighted by Gasteiger charge is 2.32. The lowest BCUT2D eigenvalue weighted by atomic mass is 9.98. The maximum absolute atomic E-state index is 12.8. The molecule has 0 unspecified atom stereocenters. The van der Waals surface area contributed by atoms with Gasteiger partial charge in [0.2, 0.25) is 0 Å². The number of anilines is 1. The van der Waals surface area contributed by atoms with Crippen molar-refractivity contribution >= 4 is 22.6 Å². The van der Waals surface area contributed by atoms with Crippen LogP contribution in [0.3, 0.4) is 0 Å². The summed E-state index contributed by atoms with van der Waals surface area (Å²) in [6, 6.07) is 3.81. The third-order valence-electron chi connectivity index (χ3n) is 3.07. The van der Waals surface area contributed by atoms with Crippen molar-refractivity contribution in [3.05, 3.63) is 29.3 Å². The van der Waals surface area contributed by atoms with Gasteiger partial charge in [-0.2, -0.15) is 13.2 Å². The van der Waals surface area contributed by atoms with Crippen molar-refractivity contribution in [1.82, 2.24) is 0 Å². The molecule has 1 saturated heterocycles. The third kappa shape index (κ3) is 2.88. The van der Waals surface area contributed by atoms with Crippen molar-refractivity contribution in [3.63, 3.8) is 0 Å². The van der Waals surface area contributed by atoms with E-state index in [4.69, 9.17) is 5.41 Å². The van der Waals surface area contributed by atoms with Crippen LogP contribution in [0, 0.1) is 5.41 Å². The minimum absolute atomic E-state index is 0.121. The van der Waals surface area contributed by atoms with Crippen LogP contribution in [0.15, 0.2) is 18.2 Å². The maximum atomic E-state index is 12.8. The number of nitrogens with zero attached hydrogens (tertiary/aromatic N) is 1. The first-order valence-electron chi connectivity index (χ1n) is 6.00. The number of hydrogen-bond donors (Lipinski definition) is 1. The standard InChI is InChI=1S/C13H15F3N2S/c1-8(2)10-4-3-9(13(14,15)16)7-11(10)18-5-6-19-12(18)17/h3-4,7-8,17H,5-6H2,1-2H3. The van der Waals surface area contributed by atoms with Crippen molar-refractivity contribution < 1.29 is 13.2 Å². The predicted octanol–water partition coefficient (Wildman–Crippen LogP) is 4.32. The zero-order valence-electron chi connectivity index (χ0n) is 10.7. The number of amidine groups is 1. The molecule has 0 aliphatic carbocycles. The van der Waals surface area contributed by atoms with Gasteiger partial charge in [0.15, 0.2) is 5.17 Å². The van der Waals surface area contributed by atoms with Gasteiger partial charge in [0.25, 0.3) is 0 Å². The molecule has 19 heavy (non-hydrogen) atoms. The fraction of sp³-hybridized carbons (Fsp3) is 0.462. The minimum atomic E-state index is -4.35. The summed E-state index contributed by atoms with van der Waals surface area (Å²) in [6.45, 7) is 4.47. The van der Waals surface area contributed by atoms with E-state index in [1.807, 2.05) is 13.8 Å². The van der Waals surface area contributed by atoms with E-state index in [9.17, 15) is 13.2 Å². The second kappa shape index (κ2) is 5.07. The fourth-order valence-corrected chi connectivity index (χ4v) is 2.90. The Balaban J connectivity index is 2.51. The highest BCUT2D eigenvalue weighted by atomic mass is 32.2. The van der Waals surface area contributed by atoms with Gasteiger partial charge in [0, 0.05) is 18.0 Å². The molecule has 0 saturated carbocycles. The molecule has 104 valence electrons. The van der Waals surface area contributed by atoms with Crippen molar-refractivity contribution in [1.29, 1.82) is 5.41 Å². The molecule has 1 aromatic rings. The van der Waals surface area contributed by atoms with E-state index in [2.05, 4.69) is 0 Å². The smallest absolute Gasteiger partial charge is 0.320 e. The number of thioether (sulfide) groups is 1. The molecule has 2 rings (SSSR count). The molecule has 0 amide bonds. The van der Waals surface area contributed by atoms with Gasteiger partial charge in [-0.05, 0) is 23.6 Å². The highest BCUT2D eigenvalue weighted by Crippen LogP contribution is 2.37. The molecule has 0 aromatic heterocycles. The van der Waals surface area contributed by atoms with Crippen LogP contribution in [0.4, 0.5) is 18.9 Å². The van der Waals surface area contributed by atoms with Crippen LogP contribution in [0.25, 0.3) is 0 Å². The molecule has 2 nitrogen and oxygen atoms in total. The normalized spacial score (nSPS) is 16.5. The molecule has 1 heterocycles. The average Bonchev–Trinajstić information content (AvgIpc) is 2.73. The number of benzene rings is 1. The largest absolute Gasteiger partial charge is 0.416 e. The Hall–Kier alpha value is -1.17. The molecule has 1 aliphatic heterocycles. The zero-order chi connectivity index (χ0) is 14.2. The molecule has 1 fully saturated rings. The molecule has 1 aromatic carbocycles. The Morgan fingerprint density at radius 3 is 2.47 bits per heavy atom. The Morgan fingerprint density at radius 1 is 1.32 bits per heavy atom. The summed E-state index contributed by atoms with van der Waals surface area (Å²) in [5.74, 6) is 0.864. The second-order valence-electron chi connectivity index (χ2n) is 4.73. The van der Waals surface area contributed by atoms with Gasteiger partial charge in [-0.25, -0.2) is 0 Å². The van der Waals surface area contributed by atoms with Crippen molar-refractivity contribution in [2.75, 3.05) is 17.2 Å². The Bertz CT molecular complexity index is 497. The molecule has 6 heteroatoms. The van der Waals surface area contributed by atoms with E-state index in [1.54, 1.807) is 4.90 Å². The molecular formula is C13H15F3N2S. The van der Waals surface area contributed by atoms with Gasteiger partial charge in [-0.1, -0.05) is 31.7 Å². The van der Waals surface area contributed by atoms with Crippen LogP contribution in [0.1, 0.15) is 30.9 Å². The number of nitrogens with one attached hydrogen (secondary N) is 1. The van der Waals surface area contributed by atoms with Gasteiger partial charge in [0.1, 0.15) is 0 Å². The van der Waals surface area contributed by atoms with E-state index in [-0.39, 0.29) is 5.92 Å². The van der Waals surface area contributed by atoms with Gasteiger partial charge in [0.05, 0.1) is 5.56 Å². The van der Waals surface area contributed by atoms with Crippen molar-refractivity contribution in [2.45, 2.75) is 25.9 Å². The minimum Gasteiger partial charge on any atom is -0.320 e. The number of alkyl halides is 3. The number of halogens is 3. The molecule has 0 radical (unpaired) electrons. The molecule has 0 bridgehead atoms. The number of hydrogen-bond acceptors (Lipinski definition) is 2. The van der Waals surface area contributed by atoms with Gasteiger partial charge in [-0.15, -0.1) is 0 Å². The summed E-state index contributed by atoms with van der Waals surface area (Å²) in [5, 5.41) is 8.14. The summed E-state index contributed by atoms with van der Waals surface area (Å²) in [5.41, 5.74) is 0.705. The zero-order valence-corrected chi connectivity index (χ0v) is 11.5. The van der Waals surface area contributed by atoms with E-state index in [0.29, 0.717) is 17.4 Å². The second-order valence-corrected chi connectivity index (χ2v) is 5.81. The fourth-order valence-electron chi connectivity index (χ4n) is 2.08. The summed E-state index contributed by atoms with van der Waals surface area (Å²) in [7, 11) is 0. The summed E-state index contributed by atoms with van der Waals surface area (Å²) >= 11 is 1.36. The topological polar surface area (TPSA) is 27.1 Å². The molecule has 1 aliphatic rings. The quantitative estimate of drug-likeness (QED) is 0.877. The first-order valence-corrected chi connectivity index (χ1v) is 6.99. The number of rotatable bonds is 2. The van der Waals surface area contributed by atoms with Crippen LogP contribution in [-0.4, -0.2) is 17.5 Å². The van der Waals surface area contributed by atoms with Crippen molar-refractivity contribution in [3.8, 4) is 0 Å². The predicted molar refractivity (Wildman–Crippen MR) is 73.1 cm³/mol. The van der Waals surface area contributed by atoms with E-state index < -0.39 is 11.7 Å². The van der Waals surface area contributed by atoms with Crippen LogP contribution >= 0.6 is 11.8 Å². The van der Waals surface area contributed by atoms with E-state index in [0.717, 1.165) is 23.4 Å². The monoisotopic (exact) mass is 288 g/mol. The van der Waals surface area contributed by atoms with Crippen LogP contribution < -0.4 is 4.90 Å². The Labute approximate surface area is 114 Å². The lowest BCUT2D eigenvalue weighted by Crippen LogP contribution is -2.25. The van der Waals surface area contributed by atoms with Crippen LogP contribution in [0.2, 0.25) is 0 Å². The molecule has 0 atom stereocenters. The van der Waals surface area contributed by atoms with Gasteiger partial charge in [-0.3, -0.25) is 5.41 Å². The van der Waals surface area contributed by atoms with E-state index in [1.165, 1.54) is 17.8 Å². The van der Waals surface area contributed by atoms with Gasteiger partial charge >= 0.3 is 6.18 Å². The van der Waals surface area contributed by atoms with Crippen LogP contribution in [-0.2, 0) is 6.18 Å².